The van der Waals surface area contributed by atoms with E-state index in [0.29, 0.717) is 17.8 Å². The Morgan fingerprint density at radius 2 is 1.22 bits per heavy atom. The summed E-state index contributed by atoms with van der Waals surface area (Å²) < 4.78 is 56.1. The van der Waals surface area contributed by atoms with Gasteiger partial charge in [-0.3, -0.25) is 43.5 Å². The average Bonchev–Trinajstić information content (AvgIpc) is 3.76. The number of carbonyl (C=O) groups excluding carboxylic acids is 1. The van der Waals surface area contributed by atoms with Crippen LogP contribution in [0.4, 0.5) is 18.9 Å². The van der Waals surface area contributed by atoms with Gasteiger partial charge in [-0.25, -0.2) is 0 Å². The van der Waals surface area contributed by atoms with Crippen molar-refractivity contribution in [3.8, 4) is 0 Å². The summed E-state index contributed by atoms with van der Waals surface area (Å²) in [6, 6.07) is 5.81. The van der Waals surface area contributed by atoms with Gasteiger partial charge in [-0.1, -0.05) is 24.3 Å². The highest BCUT2D eigenvalue weighted by atomic mass is 32.1. The summed E-state index contributed by atoms with van der Waals surface area (Å²) in [5.74, 6) is -7.39. The summed E-state index contributed by atoms with van der Waals surface area (Å²) in [4.78, 5) is 73.6. The van der Waals surface area contributed by atoms with E-state index in [-0.39, 0.29) is 64.1 Å². The first-order chi connectivity index (χ1) is 28.3. The fourth-order valence-corrected chi connectivity index (χ4v) is 6.51. The number of rotatable bonds is 29. The number of nitrogens with one attached hydrogen (secondary N) is 3. The lowest BCUT2D eigenvalue weighted by molar-refractivity contribution is -0.144. The summed E-state index contributed by atoms with van der Waals surface area (Å²) in [7, 11) is 0. The van der Waals surface area contributed by atoms with Gasteiger partial charge >= 0.3 is 36.0 Å². The second kappa shape index (κ2) is 24.1. The van der Waals surface area contributed by atoms with Crippen molar-refractivity contribution in [2.45, 2.75) is 30.8 Å². The summed E-state index contributed by atoms with van der Waals surface area (Å²) in [6.45, 7) is -2.80. The first kappa shape index (κ1) is 49.1. The van der Waals surface area contributed by atoms with Gasteiger partial charge in [0.2, 0.25) is 0 Å². The van der Waals surface area contributed by atoms with Crippen LogP contribution in [0.25, 0.3) is 0 Å². The third-order valence-corrected chi connectivity index (χ3v) is 9.00. The van der Waals surface area contributed by atoms with E-state index in [1.54, 1.807) is 24.3 Å². The van der Waals surface area contributed by atoms with Crippen LogP contribution in [0, 0.1) is 0 Å². The Bertz CT molecular complexity index is 1720. The van der Waals surface area contributed by atoms with Crippen molar-refractivity contribution in [2.75, 3.05) is 97.2 Å². The van der Waals surface area contributed by atoms with Gasteiger partial charge in [0.05, 0.1) is 70.3 Å². The van der Waals surface area contributed by atoms with E-state index in [1.165, 1.54) is 17.1 Å². The molecule has 0 spiro atoms. The Kier molecular flexibility index (Phi) is 19.8. The molecule has 0 fully saturated rings. The first-order valence-electron chi connectivity index (χ1n) is 18.3. The minimum atomic E-state index is -4.69. The molecular formula is C36H47F3N6O14S. The molecule has 0 aliphatic carbocycles. The van der Waals surface area contributed by atoms with Crippen molar-refractivity contribution in [1.82, 2.24) is 25.3 Å². The number of halogens is 3. The number of thiocarbonyl (C=S) groups is 1. The van der Waals surface area contributed by atoms with Crippen LogP contribution in [0.2, 0.25) is 0 Å². The van der Waals surface area contributed by atoms with Gasteiger partial charge in [0.1, 0.15) is 12.2 Å². The lowest BCUT2D eigenvalue weighted by Crippen LogP contribution is -2.51. The summed E-state index contributed by atoms with van der Waals surface area (Å²) in [6.07, 6.45) is -4.24. The molecule has 2 bridgehead atoms. The third-order valence-electron chi connectivity index (χ3n) is 8.75. The average molecular weight is 877 g/mol. The molecule has 2 heterocycles. The number of carboxylic acids is 5. The Morgan fingerprint density at radius 1 is 0.717 bits per heavy atom. The van der Waals surface area contributed by atoms with Gasteiger partial charge in [0, 0.05) is 44.5 Å². The molecule has 0 radical (unpaired) electrons. The largest absolute Gasteiger partial charge is 0.480 e. The van der Waals surface area contributed by atoms with Gasteiger partial charge in [-0.15, -0.1) is 0 Å². The Hall–Kier alpha value is -5.24. The molecule has 1 amide bonds. The maximum atomic E-state index is 13.4. The van der Waals surface area contributed by atoms with E-state index in [2.05, 4.69) is 16.0 Å². The van der Waals surface area contributed by atoms with E-state index in [4.69, 9.17) is 36.6 Å². The quantitative estimate of drug-likeness (QED) is 0.0288. The number of nitrogens with zero attached hydrogens (tertiary/aromatic N) is 3. The number of alkyl halides is 3. The van der Waals surface area contributed by atoms with Crippen LogP contribution in [0.3, 0.4) is 0 Å². The molecule has 3 unspecified atom stereocenters. The fraction of sp³-hybridized carbons (Fsp3) is 0.528. The smallest absolute Gasteiger partial charge is 0.416 e. The number of anilines is 1. The van der Waals surface area contributed by atoms with Gasteiger partial charge in [-0.05, 0) is 36.3 Å². The highest BCUT2D eigenvalue weighted by molar-refractivity contribution is 7.80. The molecule has 2 aliphatic rings. The molecule has 0 aromatic heterocycles. The molecule has 0 saturated heterocycles. The normalized spacial score (nSPS) is 16.4. The number of ether oxygens (including phenoxy) is 3. The molecule has 24 heteroatoms. The van der Waals surface area contributed by atoms with Crippen molar-refractivity contribution in [1.29, 1.82) is 0 Å². The molecule has 1 aromatic carbocycles. The van der Waals surface area contributed by atoms with Crippen LogP contribution < -0.4 is 16.0 Å². The number of carboxylic acid groups (broad SMARTS) is 5. The number of fused-ring (bicyclic) bond motifs is 2. The Balaban J connectivity index is 1.45. The monoisotopic (exact) mass is 876 g/mol. The SMILES string of the molecule is O=C(O)CN(CCN(CC(=O)O)CC(Cc1ccc(NC(=S)NCCOCCOCCNC(=O)C2=C(C(F)(F)F)C3C=CC2O3)cc1)N(CC(=O)O)CC(=O)O)CC(=O)O. The summed E-state index contributed by atoms with van der Waals surface area (Å²) in [5.41, 5.74) is -0.258. The van der Waals surface area contributed by atoms with Crippen LogP contribution >= 0.6 is 12.2 Å². The molecule has 2 aliphatic heterocycles. The number of carbonyl (C=O) groups is 6. The van der Waals surface area contributed by atoms with Crippen molar-refractivity contribution in [3.05, 3.63) is 53.1 Å². The highest BCUT2D eigenvalue weighted by Gasteiger charge is 2.51. The van der Waals surface area contributed by atoms with Crippen LogP contribution in [-0.2, 0) is 49.4 Å². The van der Waals surface area contributed by atoms with Gasteiger partial charge < -0.3 is 55.7 Å². The number of aliphatic carboxylic acids is 5. The van der Waals surface area contributed by atoms with Gasteiger partial charge in [0.15, 0.2) is 5.11 Å². The molecule has 60 heavy (non-hydrogen) atoms. The lowest BCUT2D eigenvalue weighted by atomic mass is 9.96. The molecule has 8 N–H and O–H groups in total. The Morgan fingerprint density at radius 3 is 1.75 bits per heavy atom. The maximum Gasteiger partial charge on any atom is 0.416 e. The van der Waals surface area contributed by atoms with E-state index in [9.17, 15) is 57.3 Å². The summed E-state index contributed by atoms with van der Waals surface area (Å²) in [5, 5.41) is 55.6. The maximum absolute atomic E-state index is 13.4. The van der Waals surface area contributed by atoms with E-state index in [1.807, 2.05) is 0 Å². The Labute approximate surface area is 346 Å². The zero-order valence-electron chi connectivity index (χ0n) is 32.1. The van der Waals surface area contributed by atoms with Crippen LogP contribution in [0.1, 0.15) is 5.56 Å². The number of amides is 1. The fourth-order valence-electron chi connectivity index (χ4n) is 6.29. The zero-order valence-corrected chi connectivity index (χ0v) is 32.9. The second-order valence-corrected chi connectivity index (χ2v) is 13.8. The molecule has 3 atom stereocenters. The van der Waals surface area contributed by atoms with Crippen molar-refractivity contribution in [2.24, 2.45) is 0 Å². The number of benzene rings is 1. The molecular weight excluding hydrogens is 829 g/mol. The zero-order chi connectivity index (χ0) is 44.4. The predicted octanol–water partition coefficient (Wildman–Crippen LogP) is -0.441. The summed E-state index contributed by atoms with van der Waals surface area (Å²) >= 11 is 5.32. The molecule has 20 nitrogen and oxygen atoms in total. The van der Waals surface area contributed by atoms with Crippen LogP contribution in [0.5, 0.6) is 0 Å². The molecule has 0 saturated carbocycles. The minimum Gasteiger partial charge on any atom is -0.480 e. The first-order valence-corrected chi connectivity index (χ1v) is 18.7. The topological polar surface area (TPSA) is 277 Å². The van der Waals surface area contributed by atoms with E-state index >= 15 is 0 Å². The van der Waals surface area contributed by atoms with E-state index in [0.717, 1.165) is 9.80 Å². The predicted molar refractivity (Wildman–Crippen MR) is 206 cm³/mol. The minimum absolute atomic E-state index is 0.0228. The van der Waals surface area contributed by atoms with Gasteiger partial charge in [0.25, 0.3) is 5.91 Å². The van der Waals surface area contributed by atoms with Crippen LogP contribution in [0.15, 0.2) is 47.6 Å². The van der Waals surface area contributed by atoms with Crippen molar-refractivity contribution in [3.63, 3.8) is 0 Å². The molecule has 1 aromatic rings. The highest BCUT2D eigenvalue weighted by Crippen LogP contribution is 2.43. The van der Waals surface area contributed by atoms with Crippen molar-refractivity contribution < 1.29 is 81.7 Å². The van der Waals surface area contributed by atoms with Crippen LogP contribution in [-0.4, -0.2) is 197 Å². The standard InChI is InChI=1S/C36H47F3N6O14S/c37-36(38,39)33-26-6-5-25(59-26)32(33)34(56)40-7-11-57-13-14-58-12-8-41-35(60)42-23-3-1-22(2-4-23)15-24(45(20-30(52)53)21-31(54)55)16-43(17-27(46)47)9-10-44(18-28(48)49)19-29(50)51/h1-6,24-26H,7-21H2,(H,40,56)(H,46,47)(H,48,49)(H,50,51)(H,52,53)(H,54,55)(H2,41,42,60). The molecule has 3 rings (SSSR count). The third kappa shape index (κ3) is 17.5. The van der Waals surface area contributed by atoms with Crippen molar-refractivity contribution >= 4 is 58.8 Å². The number of hydrogen-bond acceptors (Lipinski definition) is 13. The second-order valence-electron chi connectivity index (χ2n) is 13.4. The number of hydrogen-bond donors (Lipinski definition) is 8. The molecule has 332 valence electrons. The lowest BCUT2D eigenvalue weighted by Gasteiger charge is -2.34. The van der Waals surface area contributed by atoms with Gasteiger partial charge in [-0.2, -0.15) is 13.2 Å². The van der Waals surface area contributed by atoms with E-state index < -0.39 is 104 Å².